The number of hydrogen-bond acceptors (Lipinski definition) is 7. The lowest BCUT2D eigenvalue weighted by Crippen LogP contribution is -2.19. The van der Waals surface area contributed by atoms with Crippen LogP contribution in [0.25, 0.3) is 22.0 Å². The first-order valence-corrected chi connectivity index (χ1v) is 13.7. The molecule has 4 aromatic carbocycles. The van der Waals surface area contributed by atoms with Crippen LogP contribution in [0.3, 0.4) is 0 Å². The number of aromatic nitrogens is 1. The minimum Gasteiger partial charge on any atom is -0.421 e. The zero-order valence-electron chi connectivity index (χ0n) is 21.3. The van der Waals surface area contributed by atoms with Gasteiger partial charge in [0.1, 0.15) is 11.8 Å². The summed E-state index contributed by atoms with van der Waals surface area (Å²) in [6, 6.07) is 25.0. The van der Waals surface area contributed by atoms with E-state index in [1.54, 1.807) is 24.3 Å². The number of esters is 1. The van der Waals surface area contributed by atoms with Gasteiger partial charge in [0.05, 0.1) is 32.3 Å². The number of carbonyl (C=O) groups excluding carboxylic acids is 2. The van der Waals surface area contributed by atoms with Crippen molar-refractivity contribution in [2.24, 2.45) is 5.10 Å². The molecule has 0 spiro atoms. The average Bonchev–Trinajstić information content (AvgIpc) is 3.39. The Hall–Kier alpha value is -5.12. The van der Waals surface area contributed by atoms with Gasteiger partial charge in [-0.3, -0.25) is 14.9 Å². The number of nitrogens with zero attached hydrogens (tertiary/aromatic N) is 3. The van der Waals surface area contributed by atoms with Crippen LogP contribution in [0.4, 0.5) is 5.69 Å². The molecule has 42 heavy (non-hydrogen) atoms. The number of nitrogens with one attached hydrogen (secondary N) is 2. The normalized spacial score (nSPS) is 10.9. The van der Waals surface area contributed by atoms with Gasteiger partial charge in [-0.1, -0.05) is 58.4 Å². The Morgan fingerprint density at radius 3 is 2.45 bits per heavy atom. The molecule has 1 heterocycles. The van der Waals surface area contributed by atoms with Crippen LogP contribution in [0, 0.1) is 21.4 Å². The summed E-state index contributed by atoms with van der Waals surface area (Å²) < 4.78 is 6.65. The van der Waals surface area contributed by atoms with Crippen LogP contribution in [0.2, 0.25) is 0 Å². The van der Waals surface area contributed by atoms with Gasteiger partial charge in [-0.2, -0.15) is 10.4 Å². The number of nitro groups is 1. The molecule has 0 aliphatic heterocycles. The molecule has 0 saturated carbocycles. The SMILES string of the molecule is N#Cc1cccc2c(-c3ccccc3)c(C(=O)NN=Cc3cc(Br)cc(Br)c3OC(=O)c3ccc([N+](=O)[O-])cc3)[nH]c12. The number of fused-ring (bicyclic) bond motifs is 1. The molecule has 5 rings (SSSR count). The fourth-order valence-corrected chi connectivity index (χ4v) is 5.60. The van der Waals surface area contributed by atoms with Gasteiger partial charge < -0.3 is 9.72 Å². The fourth-order valence-electron chi connectivity index (χ4n) is 4.26. The van der Waals surface area contributed by atoms with Gasteiger partial charge in [0.25, 0.3) is 11.6 Å². The standard InChI is InChI=1S/C30H17Br2N5O5/c31-21-13-20(28(24(32)14-21)42-30(39)18-9-11-22(12-10-18)37(40)41)16-34-36-29(38)27-25(17-5-2-1-3-6-17)23-8-4-7-19(15-33)26(23)35-27/h1-14,16,35H,(H,36,38). The molecule has 0 saturated heterocycles. The first-order chi connectivity index (χ1) is 20.3. The number of nitro benzene ring substituents is 1. The Kier molecular flexibility index (Phi) is 8.24. The second-order valence-electron chi connectivity index (χ2n) is 8.78. The van der Waals surface area contributed by atoms with Crippen LogP contribution in [0.15, 0.2) is 99.0 Å². The monoisotopic (exact) mass is 685 g/mol. The summed E-state index contributed by atoms with van der Waals surface area (Å²) >= 11 is 6.77. The number of non-ortho nitro benzene ring substituents is 1. The highest BCUT2D eigenvalue weighted by molar-refractivity contribution is 9.11. The summed E-state index contributed by atoms with van der Waals surface area (Å²) in [4.78, 5) is 39.6. The molecule has 0 fully saturated rings. The highest BCUT2D eigenvalue weighted by Gasteiger charge is 2.21. The van der Waals surface area contributed by atoms with Gasteiger partial charge >= 0.3 is 5.97 Å². The minimum atomic E-state index is -0.745. The first-order valence-electron chi connectivity index (χ1n) is 12.2. The summed E-state index contributed by atoms with van der Waals surface area (Å²) in [5, 5.41) is 25.3. The molecular weight excluding hydrogens is 670 g/mol. The Morgan fingerprint density at radius 2 is 1.76 bits per heavy atom. The van der Waals surface area contributed by atoms with Gasteiger partial charge in [0.2, 0.25) is 0 Å². The number of benzene rings is 4. The fraction of sp³-hybridized carbons (Fsp3) is 0. The number of rotatable bonds is 7. The zero-order valence-corrected chi connectivity index (χ0v) is 24.5. The maximum absolute atomic E-state index is 13.4. The van der Waals surface area contributed by atoms with E-state index in [2.05, 4.69) is 53.4 Å². The minimum absolute atomic E-state index is 0.107. The molecule has 2 N–H and O–H groups in total. The van der Waals surface area contributed by atoms with E-state index in [1.165, 1.54) is 30.5 Å². The molecule has 10 nitrogen and oxygen atoms in total. The van der Waals surface area contributed by atoms with Crippen LogP contribution < -0.4 is 10.2 Å². The van der Waals surface area contributed by atoms with Crippen molar-refractivity contribution >= 4 is 66.5 Å². The van der Waals surface area contributed by atoms with Gasteiger partial charge in [0, 0.05) is 33.1 Å². The second-order valence-corrected chi connectivity index (χ2v) is 10.5. The number of hydrazone groups is 1. The van der Waals surface area contributed by atoms with Crippen molar-refractivity contribution in [3.8, 4) is 22.9 Å². The second kappa shape index (κ2) is 12.2. The van der Waals surface area contributed by atoms with Crippen LogP contribution in [0.5, 0.6) is 5.75 Å². The lowest BCUT2D eigenvalue weighted by Gasteiger charge is -2.10. The number of nitriles is 1. The summed E-state index contributed by atoms with van der Waals surface area (Å²) in [7, 11) is 0. The lowest BCUT2D eigenvalue weighted by molar-refractivity contribution is -0.384. The zero-order chi connectivity index (χ0) is 29.8. The van der Waals surface area contributed by atoms with Gasteiger partial charge in [0.15, 0.2) is 5.75 Å². The summed E-state index contributed by atoms with van der Waals surface area (Å²) in [5.74, 6) is -1.18. The number of aromatic amines is 1. The highest BCUT2D eigenvalue weighted by Crippen LogP contribution is 2.35. The highest BCUT2D eigenvalue weighted by atomic mass is 79.9. The largest absolute Gasteiger partial charge is 0.421 e. The molecule has 206 valence electrons. The number of halogens is 2. The number of carbonyl (C=O) groups is 2. The summed E-state index contributed by atoms with van der Waals surface area (Å²) in [5.41, 5.74) is 5.35. The summed E-state index contributed by atoms with van der Waals surface area (Å²) in [6.07, 6.45) is 1.32. The molecule has 0 radical (unpaired) electrons. The van der Waals surface area contributed by atoms with Crippen molar-refractivity contribution in [2.75, 3.05) is 0 Å². The Morgan fingerprint density at radius 1 is 1.02 bits per heavy atom. The van der Waals surface area contributed by atoms with Crippen LogP contribution in [0.1, 0.15) is 32.0 Å². The van der Waals surface area contributed by atoms with Crippen LogP contribution in [-0.4, -0.2) is 28.0 Å². The Balaban J connectivity index is 1.44. The van der Waals surface area contributed by atoms with E-state index in [-0.39, 0.29) is 22.7 Å². The molecule has 0 atom stereocenters. The quantitative estimate of drug-likeness (QED) is 0.0612. The third-order valence-corrected chi connectivity index (χ3v) is 7.21. The molecule has 1 amide bonds. The van der Waals surface area contributed by atoms with E-state index in [0.29, 0.717) is 36.5 Å². The van der Waals surface area contributed by atoms with Crippen LogP contribution >= 0.6 is 31.9 Å². The lowest BCUT2D eigenvalue weighted by atomic mass is 10.0. The van der Waals surface area contributed by atoms with E-state index >= 15 is 0 Å². The molecule has 0 bridgehead atoms. The van der Waals surface area contributed by atoms with E-state index in [1.807, 2.05) is 36.4 Å². The molecule has 0 aliphatic rings. The maximum Gasteiger partial charge on any atom is 0.343 e. The molecule has 1 aromatic heterocycles. The van der Waals surface area contributed by atoms with Crippen molar-refractivity contribution in [1.29, 1.82) is 5.26 Å². The van der Waals surface area contributed by atoms with Crippen molar-refractivity contribution in [3.63, 3.8) is 0 Å². The first kappa shape index (κ1) is 28.4. The summed E-state index contributed by atoms with van der Waals surface area (Å²) in [6.45, 7) is 0. The van der Waals surface area contributed by atoms with Gasteiger partial charge in [-0.25, -0.2) is 10.2 Å². The third-order valence-electron chi connectivity index (χ3n) is 6.16. The maximum atomic E-state index is 13.4. The smallest absolute Gasteiger partial charge is 0.343 e. The van der Waals surface area contributed by atoms with E-state index in [9.17, 15) is 25.0 Å². The number of amides is 1. The third kappa shape index (κ3) is 5.83. The predicted molar refractivity (Wildman–Crippen MR) is 163 cm³/mol. The number of ether oxygens (including phenoxy) is 1. The van der Waals surface area contributed by atoms with Gasteiger partial charge in [-0.15, -0.1) is 0 Å². The van der Waals surface area contributed by atoms with E-state index < -0.39 is 16.8 Å². The van der Waals surface area contributed by atoms with Crippen molar-refractivity contribution in [1.82, 2.24) is 10.4 Å². The average molecular weight is 687 g/mol. The molecule has 0 aliphatic carbocycles. The predicted octanol–water partition coefficient (Wildman–Crippen LogP) is 7.12. The van der Waals surface area contributed by atoms with E-state index in [0.717, 1.165) is 5.56 Å². The van der Waals surface area contributed by atoms with Crippen molar-refractivity contribution in [3.05, 3.63) is 126 Å². The molecule has 12 heteroatoms. The number of para-hydroxylation sites is 1. The topological polar surface area (TPSA) is 150 Å². The van der Waals surface area contributed by atoms with Crippen molar-refractivity contribution < 1.29 is 19.2 Å². The molecule has 5 aromatic rings. The van der Waals surface area contributed by atoms with Crippen LogP contribution in [-0.2, 0) is 0 Å². The molecular formula is C30H17Br2N5O5. The van der Waals surface area contributed by atoms with Gasteiger partial charge in [-0.05, 0) is 51.8 Å². The van der Waals surface area contributed by atoms with Crippen molar-refractivity contribution in [2.45, 2.75) is 0 Å². The molecule has 0 unspecified atom stereocenters. The number of hydrogen-bond donors (Lipinski definition) is 2. The Bertz CT molecular complexity index is 1930. The van der Waals surface area contributed by atoms with E-state index in [4.69, 9.17) is 4.74 Å². The Labute approximate surface area is 255 Å². The number of H-pyrrole nitrogens is 1.